The first kappa shape index (κ1) is 20.5. The van der Waals surface area contributed by atoms with Crippen molar-refractivity contribution in [1.82, 2.24) is 10.2 Å². The first-order chi connectivity index (χ1) is 13.3. The number of amides is 2. The Bertz CT molecular complexity index is 816. The molecule has 5 nitrogen and oxygen atoms in total. The van der Waals surface area contributed by atoms with Crippen molar-refractivity contribution >= 4 is 17.6 Å². The van der Waals surface area contributed by atoms with Crippen LogP contribution in [0.3, 0.4) is 0 Å². The predicted molar refractivity (Wildman–Crippen MR) is 111 cm³/mol. The van der Waals surface area contributed by atoms with Crippen LogP contribution in [0.15, 0.2) is 42.5 Å². The maximum atomic E-state index is 12.5. The van der Waals surface area contributed by atoms with Crippen LogP contribution in [-0.4, -0.2) is 29.6 Å². The molecule has 0 aromatic heterocycles. The van der Waals surface area contributed by atoms with Crippen LogP contribution in [0.5, 0.6) is 5.75 Å². The molecule has 0 unspecified atom stereocenters. The molecule has 1 N–H and O–H groups in total. The van der Waals surface area contributed by atoms with Gasteiger partial charge in [0.2, 0.25) is 0 Å². The van der Waals surface area contributed by atoms with Crippen LogP contribution < -0.4 is 10.1 Å². The number of benzene rings is 2. The highest BCUT2D eigenvalue weighted by Crippen LogP contribution is 2.25. The molecule has 0 saturated carbocycles. The monoisotopic (exact) mass is 402 g/mol. The molecule has 1 heterocycles. The Morgan fingerprint density at radius 2 is 1.82 bits per heavy atom. The normalized spacial score (nSPS) is 14.1. The summed E-state index contributed by atoms with van der Waals surface area (Å²) in [6, 6.07) is 13.6. The largest absolute Gasteiger partial charge is 0.491 e. The molecular formula is C22H27ClN2O3. The van der Waals surface area contributed by atoms with Gasteiger partial charge in [0.05, 0.1) is 26.3 Å². The number of hydrogen-bond donors (Lipinski definition) is 1. The summed E-state index contributed by atoms with van der Waals surface area (Å²) in [6.45, 7) is 8.49. The summed E-state index contributed by atoms with van der Waals surface area (Å²) < 4.78 is 11.7. The molecular weight excluding hydrogens is 376 g/mol. The van der Waals surface area contributed by atoms with Gasteiger partial charge >= 0.3 is 6.03 Å². The van der Waals surface area contributed by atoms with Crippen molar-refractivity contribution < 1.29 is 14.3 Å². The zero-order valence-electron chi connectivity index (χ0n) is 16.6. The maximum Gasteiger partial charge on any atom is 0.318 e. The first-order valence-electron chi connectivity index (χ1n) is 9.44. The summed E-state index contributed by atoms with van der Waals surface area (Å²) in [5.74, 6) is 0.826. The Morgan fingerprint density at radius 3 is 2.54 bits per heavy atom. The quantitative estimate of drug-likeness (QED) is 0.802. The van der Waals surface area contributed by atoms with Crippen LogP contribution in [0.25, 0.3) is 0 Å². The van der Waals surface area contributed by atoms with Gasteiger partial charge in [-0.3, -0.25) is 0 Å². The number of rotatable bonds is 4. The number of nitrogens with zero attached hydrogens (tertiary/aromatic N) is 1. The lowest BCUT2D eigenvalue weighted by Crippen LogP contribution is -2.48. The van der Waals surface area contributed by atoms with Gasteiger partial charge in [0.1, 0.15) is 12.4 Å². The van der Waals surface area contributed by atoms with E-state index in [1.807, 2.05) is 57.2 Å². The Kier molecular flexibility index (Phi) is 6.47. The lowest BCUT2D eigenvalue weighted by molar-refractivity contribution is 0.107. The number of nitrogens with one attached hydrogen (secondary N) is 1. The molecule has 0 fully saturated rings. The molecule has 2 amide bonds. The molecule has 1 aliphatic heterocycles. The topological polar surface area (TPSA) is 50.8 Å². The van der Waals surface area contributed by atoms with Gasteiger partial charge in [-0.25, -0.2) is 4.79 Å². The van der Waals surface area contributed by atoms with Crippen molar-refractivity contribution in [1.29, 1.82) is 0 Å². The molecule has 0 bridgehead atoms. The lowest BCUT2D eigenvalue weighted by atomic mass is 10.1. The fourth-order valence-electron chi connectivity index (χ4n) is 2.98. The molecule has 0 spiro atoms. The van der Waals surface area contributed by atoms with E-state index < -0.39 is 0 Å². The second-order valence-corrected chi connectivity index (χ2v) is 8.45. The average molecular weight is 403 g/mol. The Balaban J connectivity index is 1.62. The van der Waals surface area contributed by atoms with Gasteiger partial charge in [-0.2, -0.15) is 0 Å². The van der Waals surface area contributed by atoms with Crippen LogP contribution in [0, 0.1) is 0 Å². The number of carbonyl (C=O) groups excluding carboxylic acids is 1. The molecule has 2 aromatic carbocycles. The molecule has 0 aliphatic carbocycles. The fraction of sp³-hybridized carbons (Fsp3) is 0.409. The van der Waals surface area contributed by atoms with E-state index in [0.29, 0.717) is 32.9 Å². The van der Waals surface area contributed by atoms with Gasteiger partial charge in [0.25, 0.3) is 0 Å². The minimum absolute atomic E-state index is 0.0756. The van der Waals surface area contributed by atoms with E-state index in [4.69, 9.17) is 21.1 Å². The van der Waals surface area contributed by atoms with Crippen LogP contribution in [0.4, 0.5) is 4.79 Å². The molecule has 150 valence electrons. The first-order valence-corrected chi connectivity index (χ1v) is 9.82. The number of ether oxygens (including phenoxy) is 2. The van der Waals surface area contributed by atoms with Crippen LogP contribution in [-0.2, 0) is 24.5 Å². The third-order valence-electron chi connectivity index (χ3n) is 4.32. The van der Waals surface area contributed by atoms with E-state index >= 15 is 0 Å². The summed E-state index contributed by atoms with van der Waals surface area (Å²) in [5, 5.41) is 3.73. The van der Waals surface area contributed by atoms with E-state index in [0.717, 1.165) is 27.5 Å². The summed E-state index contributed by atoms with van der Waals surface area (Å²) in [6.07, 6.45) is 0. The standard InChI is InChI=1S/C22H27ClN2O3/c1-22(2,3)24-21(26)25-10-11-28-20-9-6-17(12-18(20)13-25)15-27-14-16-4-7-19(23)8-5-16/h4-9,12H,10-11,13-15H2,1-3H3,(H,24,26). The number of fused-ring (bicyclic) bond motifs is 1. The third-order valence-corrected chi connectivity index (χ3v) is 4.58. The van der Waals surface area contributed by atoms with E-state index in [1.165, 1.54) is 0 Å². The van der Waals surface area contributed by atoms with Gasteiger partial charge < -0.3 is 19.7 Å². The molecule has 2 aromatic rings. The molecule has 0 radical (unpaired) electrons. The molecule has 0 saturated heterocycles. The highest BCUT2D eigenvalue weighted by Gasteiger charge is 2.23. The molecule has 0 atom stereocenters. The van der Waals surface area contributed by atoms with Crippen molar-refractivity contribution in [3.8, 4) is 5.75 Å². The van der Waals surface area contributed by atoms with Crippen molar-refractivity contribution in [2.24, 2.45) is 0 Å². The van der Waals surface area contributed by atoms with E-state index in [2.05, 4.69) is 11.4 Å². The second kappa shape index (κ2) is 8.84. The minimum atomic E-state index is -0.273. The molecule has 6 heteroatoms. The van der Waals surface area contributed by atoms with Crippen LogP contribution >= 0.6 is 11.6 Å². The van der Waals surface area contributed by atoms with Gasteiger partial charge in [-0.05, 0) is 56.2 Å². The highest BCUT2D eigenvalue weighted by molar-refractivity contribution is 6.30. The molecule has 28 heavy (non-hydrogen) atoms. The van der Waals surface area contributed by atoms with Crippen molar-refractivity contribution in [2.45, 2.75) is 46.1 Å². The van der Waals surface area contributed by atoms with Crippen molar-refractivity contribution in [3.63, 3.8) is 0 Å². The van der Waals surface area contributed by atoms with Gasteiger partial charge in [0, 0.05) is 16.1 Å². The van der Waals surface area contributed by atoms with E-state index in [-0.39, 0.29) is 11.6 Å². The Morgan fingerprint density at radius 1 is 1.14 bits per heavy atom. The number of carbonyl (C=O) groups is 1. The maximum absolute atomic E-state index is 12.5. The van der Waals surface area contributed by atoms with E-state index in [1.54, 1.807) is 4.90 Å². The van der Waals surface area contributed by atoms with Crippen LogP contribution in [0.2, 0.25) is 5.02 Å². The molecule has 3 rings (SSSR count). The van der Waals surface area contributed by atoms with E-state index in [9.17, 15) is 4.79 Å². The number of urea groups is 1. The van der Waals surface area contributed by atoms with Gasteiger partial charge in [0.15, 0.2) is 0 Å². The Hall–Kier alpha value is -2.24. The number of hydrogen-bond acceptors (Lipinski definition) is 3. The SMILES string of the molecule is CC(C)(C)NC(=O)N1CCOc2ccc(COCc3ccc(Cl)cc3)cc2C1. The smallest absolute Gasteiger partial charge is 0.318 e. The van der Waals surface area contributed by atoms with Gasteiger partial charge in [-0.15, -0.1) is 0 Å². The lowest BCUT2D eigenvalue weighted by Gasteiger charge is -2.27. The summed E-state index contributed by atoms with van der Waals surface area (Å²) >= 11 is 5.91. The zero-order valence-corrected chi connectivity index (χ0v) is 17.4. The van der Waals surface area contributed by atoms with Gasteiger partial charge in [-0.1, -0.05) is 29.8 Å². The summed E-state index contributed by atoms with van der Waals surface area (Å²) in [7, 11) is 0. The van der Waals surface area contributed by atoms with Crippen molar-refractivity contribution in [2.75, 3.05) is 13.2 Å². The fourth-order valence-corrected chi connectivity index (χ4v) is 3.10. The zero-order chi connectivity index (χ0) is 20.1. The van der Waals surface area contributed by atoms with Crippen LogP contribution in [0.1, 0.15) is 37.5 Å². The second-order valence-electron chi connectivity index (χ2n) is 8.01. The average Bonchev–Trinajstić information content (AvgIpc) is 2.84. The summed E-state index contributed by atoms with van der Waals surface area (Å²) in [4.78, 5) is 14.3. The highest BCUT2D eigenvalue weighted by atomic mass is 35.5. The predicted octanol–water partition coefficient (Wildman–Crippen LogP) is 4.76. The molecule has 1 aliphatic rings. The minimum Gasteiger partial charge on any atom is -0.491 e. The third kappa shape index (κ3) is 5.88. The summed E-state index contributed by atoms with van der Waals surface area (Å²) in [5.41, 5.74) is 2.85. The Labute approximate surface area is 171 Å². The van der Waals surface area contributed by atoms with Crippen molar-refractivity contribution in [3.05, 3.63) is 64.2 Å². The number of halogens is 1.